The Morgan fingerprint density at radius 2 is 1.96 bits per heavy atom. The summed E-state index contributed by atoms with van der Waals surface area (Å²) in [5.41, 5.74) is 1.96. The quantitative estimate of drug-likeness (QED) is 0.366. The highest BCUT2D eigenvalue weighted by molar-refractivity contribution is 7.99. The van der Waals surface area contributed by atoms with Crippen molar-refractivity contribution in [3.8, 4) is 11.4 Å². The van der Waals surface area contributed by atoms with Crippen molar-refractivity contribution in [1.29, 1.82) is 0 Å². The minimum Gasteiger partial charge on any atom is -0.335 e. The fraction of sp³-hybridized carbons (Fsp3) is 0.167. The fourth-order valence-electron chi connectivity index (χ4n) is 2.27. The molecular weight excluding hydrogens is 364 g/mol. The molecule has 0 fully saturated rings. The van der Waals surface area contributed by atoms with Crippen LogP contribution in [0, 0.1) is 0 Å². The van der Waals surface area contributed by atoms with Gasteiger partial charge in [0.2, 0.25) is 11.1 Å². The van der Waals surface area contributed by atoms with Crippen LogP contribution in [0.3, 0.4) is 0 Å². The number of nitrogens with two attached hydrogens (primary N) is 1. The Morgan fingerprint density at radius 1 is 1.19 bits per heavy atom. The molecule has 0 aliphatic carbocycles. The first-order valence-corrected chi connectivity index (χ1v) is 9.24. The Balaban J connectivity index is 1.63. The van der Waals surface area contributed by atoms with Crippen molar-refractivity contribution < 1.29 is 9.59 Å². The summed E-state index contributed by atoms with van der Waals surface area (Å²) >= 11 is 1.21. The van der Waals surface area contributed by atoms with Crippen LogP contribution in [0.4, 0.5) is 5.69 Å². The van der Waals surface area contributed by atoms with E-state index in [4.69, 9.17) is 5.84 Å². The second-order valence-electron chi connectivity index (χ2n) is 5.61. The van der Waals surface area contributed by atoms with E-state index in [0.29, 0.717) is 28.7 Å². The topological polar surface area (TPSA) is 116 Å². The van der Waals surface area contributed by atoms with Crippen molar-refractivity contribution in [2.45, 2.75) is 18.5 Å². The molecule has 2 heterocycles. The van der Waals surface area contributed by atoms with Gasteiger partial charge in [-0.25, -0.2) is 4.68 Å². The second kappa shape index (κ2) is 8.45. The second-order valence-corrected chi connectivity index (χ2v) is 6.55. The molecule has 3 rings (SSSR count). The van der Waals surface area contributed by atoms with Crippen LogP contribution in [-0.2, 0) is 4.79 Å². The monoisotopic (exact) mass is 382 g/mol. The number of benzene rings is 1. The first-order valence-electron chi connectivity index (χ1n) is 8.25. The summed E-state index contributed by atoms with van der Waals surface area (Å²) in [6.45, 7) is 1.78. The molecule has 3 aromatic rings. The molecule has 0 atom stereocenters. The number of ketones is 1. The maximum atomic E-state index is 12.4. The number of anilines is 1. The summed E-state index contributed by atoms with van der Waals surface area (Å²) in [4.78, 5) is 27.8. The van der Waals surface area contributed by atoms with Gasteiger partial charge in [0.25, 0.3) is 0 Å². The molecule has 1 amide bonds. The molecule has 0 saturated heterocycles. The third kappa shape index (κ3) is 4.50. The highest BCUT2D eigenvalue weighted by atomic mass is 32.2. The van der Waals surface area contributed by atoms with E-state index in [1.165, 1.54) is 16.4 Å². The lowest BCUT2D eigenvalue weighted by atomic mass is 10.1. The Hall–Kier alpha value is -3.20. The van der Waals surface area contributed by atoms with Crippen LogP contribution < -0.4 is 11.2 Å². The number of amides is 1. The summed E-state index contributed by atoms with van der Waals surface area (Å²) in [7, 11) is 0. The van der Waals surface area contributed by atoms with Gasteiger partial charge in [-0.15, -0.1) is 10.2 Å². The molecule has 27 heavy (non-hydrogen) atoms. The maximum absolute atomic E-state index is 12.4. The molecule has 0 saturated carbocycles. The number of pyridine rings is 1. The van der Waals surface area contributed by atoms with Gasteiger partial charge in [-0.1, -0.05) is 18.7 Å². The van der Waals surface area contributed by atoms with E-state index >= 15 is 0 Å². The summed E-state index contributed by atoms with van der Waals surface area (Å²) in [6.07, 6.45) is 3.71. The van der Waals surface area contributed by atoms with Crippen LogP contribution in [0.1, 0.15) is 23.7 Å². The van der Waals surface area contributed by atoms with Crippen LogP contribution in [0.2, 0.25) is 0 Å². The first kappa shape index (κ1) is 18.6. The van der Waals surface area contributed by atoms with E-state index in [0.717, 1.165) is 5.56 Å². The predicted molar refractivity (Wildman–Crippen MR) is 104 cm³/mol. The van der Waals surface area contributed by atoms with Gasteiger partial charge in [-0.3, -0.25) is 14.6 Å². The lowest BCUT2D eigenvalue weighted by molar-refractivity contribution is -0.115. The molecule has 0 bridgehead atoms. The molecule has 2 aromatic heterocycles. The molecule has 9 heteroatoms. The number of nitrogens with zero attached hydrogens (tertiary/aromatic N) is 4. The minimum absolute atomic E-state index is 0.0701. The number of carbonyl (C=O) groups excluding carboxylic acids is 2. The SMILES string of the molecule is CCC(=O)Nc1ccc(C(=O)CSc2nnc(-c3cccnc3)n2N)cc1. The van der Waals surface area contributed by atoms with Crippen molar-refractivity contribution in [3.63, 3.8) is 0 Å². The number of carbonyl (C=O) groups is 2. The molecule has 0 radical (unpaired) electrons. The number of nitrogens with one attached hydrogen (secondary N) is 1. The lowest BCUT2D eigenvalue weighted by Crippen LogP contribution is -2.13. The number of rotatable bonds is 7. The van der Waals surface area contributed by atoms with Crippen molar-refractivity contribution in [2.24, 2.45) is 0 Å². The lowest BCUT2D eigenvalue weighted by Gasteiger charge is -2.05. The molecule has 0 unspecified atom stereocenters. The summed E-state index contributed by atoms with van der Waals surface area (Å²) in [5, 5.41) is 11.3. The van der Waals surface area contributed by atoms with Crippen molar-refractivity contribution in [2.75, 3.05) is 16.9 Å². The summed E-state index contributed by atoms with van der Waals surface area (Å²) < 4.78 is 1.35. The smallest absolute Gasteiger partial charge is 0.224 e. The fourth-order valence-corrected chi connectivity index (χ4v) is 3.02. The van der Waals surface area contributed by atoms with E-state index in [1.807, 2.05) is 6.07 Å². The van der Waals surface area contributed by atoms with Gasteiger partial charge >= 0.3 is 0 Å². The molecule has 3 N–H and O–H groups in total. The number of hydrogen-bond donors (Lipinski definition) is 2. The van der Waals surface area contributed by atoms with Gasteiger partial charge in [0.05, 0.1) is 5.75 Å². The number of aromatic nitrogens is 4. The molecule has 0 aliphatic heterocycles. The predicted octanol–water partition coefficient (Wildman–Crippen LogP) is 2.38. The summed E-state index contributed by atoms with van der Waals surface area (Å²) in [6, 6.07) is 10.4. The first-order chi connectivity index (χ1) is 13.1. The number of Topliss-reactive ketones (excluding diaryl/α,β-unsaturated/α-hetero) is 1. The normalized spacial score (nSPS) is 10.6. The Kier molecular flexibility index (Phi) is 5.82. The van der Waals surface area contributed by atoms with Crippen molar-refractivity contribution >= 4 is 29.1 Å². The standard InChI is InChI=1S/C18H18N6O2S/c1-2-16(26)21-14-7-5-12(6-8-14)15(25)11-27-18-23-22-17(24(18)19)13-4-3-9-20-10-13/h3-10H,2,11,19H2,1H3,(H,21,26). The van der Waals surface area contributed by atoms with Crippen molar-refractivity contribution in [3.05, 3.63) is 54.4 Å². The third-order valence-electron chi connectivity index (χ3n) is 3.73. The molecular formula is C18H18N6O2S. The average Bonchev–Trinajstić information content (AvgIpc) is 3.07. The molecule has 1 aromatic carbocycles. The summed E-state index contributed by atoms with van der Waals surface area (Å²) in [5.74, 6) is 6.54. The number of nitrogen functional groups attached to an aromatic ring is 1. The van der Waals surface area contributed by atoms with Crippen molar-refractivity contribution in [1.82, 2.24) is 19.9 Å². The van der Waals surface area contributed by atoms with E-state index in [1.54, 1.807) is 49.6 Å². The van der Waals surface area contributed by atoms with Crippen LogP contribution in [0.5, 0.6) is 0 Å². The minimum atomic E-state index is -0.0728. The molecule has 138 valence electrons. The van der Waals surface area contributed by atoms with E-state index < -0.39 is 0 Å². The zero-order valence-electron chi connectivity index (χ0n) is 14.6. The number of thioether (sulfide) groups is 1. The van der Waals surface area contributed by atoms with Crippen LogP contribution >= 0.6 is 11.8 Å². The zero-order chi connectivity index (χ0) is 19.2. The van der Waals surface area contributed by atoms with Gasteiger partial charge < -0.3 is 11.2 Å². The Labute approximate surface area is 160 Å². The zero-order valence-corrected chi connectivity index (χ0v) is 15.4. The molecule has 0 spiro atoms. The van der Waals surface area contributed by atoms with E-state index in [2.05, 4.69) is 20.5 Å². The maximum Gasteiger partial charge on any atom is 0.224 e. The van der Waals surface area contributed by atoms with Crippen LogP contribution in [-0.4, -0.2) is 37.3 Å². The Bertz CT molecular complexity index is 940. The van der Waals surface area contributed by atoms with Crippen LogP contribution in [0.15, 0.2) is 53.9 Å². The van der Waals surface area contributed by atoms with Gasteiger partial charge in [0, 0.05) is 35.6 Å². The molecule has 8 nitrogen and oxygen atoms in total. The highest BCUT2D eigenvalue weighted by Gasteiger charge is 2.14. The largest absolute Gasteiger partial charge is 0.335 e. The average molecular weight is 382 g/mol. The van der Waals surface area contributed by atoms with Gasteiger partial charge in [0.15, 0.2) is 11.6 Å². The Morgan fingerprint density at radius 3 is 2.63 bits per heavy atom. The van der Waals surface area contributed by atoms with E-state index in [-0.39, 0.29) is 17.4 Å². The van der Waals surface area contributed by atoms with Gasteiger partial charge in [-0.2, -0.15) is 0 Å². The third-order valence-corrected chi connectivity index (χ3v) is 4.67. The van der Waals surface area contributed by atoms with Gasteiger partial charge in [0.1, 0.15) is 0 Å². The van der Waals surface area contributed by atoms with E-state index in [9.17, 15) is 9.59 Å². The highest BCUT2D eigenvalue weighted by Crippen LogP contribution is 2.22. The molecule has 0 aliphatic rings. The number of hydrogen-bond acceptors (Lipinski definition) is 7. The van der Waals surface area contributed by atoms with Crippen LogP contribution in [0.25, 0.3) is 11.4 Å². The van der Waals surface area contributed by atoms with Gasteiger partial charge in [-0.05, 0) is 36.4 Å².